The summed E-state index contributed by atoms with van der Waals surface area (Å²) in [6, 6.07) is 4.87. The Hall–Kier alpha value is -0.740. The highest BCUT2D eigenvalue weighted by Gasteiger charge is 2.08. The monoisotopic (exact) mass is 220 g/mol. The fourth-order valence-corrected chi connectivity index (χ4v) is 1.51. The van der Waals surface area contributed by atoms with Crippen LogP contribution in [0, 0.1) is 6.92 Å². The van der Waals surface area contributed by atoms with Crippen molar-refractivity contribution < 1.29 is 12.6 Å². The van der Waals surface area contributed by atoms with Crippen molar-refractivity contribution in [1.82, 2.24) is 0 Å². The van der Waals surface area contributed by atoms with Gasteiger partial charge < -0.3 is 4.18 Å². The van der Waals surface area contributed by atoms with Gasteiger partial charge in [-0.05, 0) is 19.1 Å². The molecule has 0 saturated heterocycles. The first-order valence-corrected chi connectivity index (χ1v) is 5.74. The van der Waals surface area contributed by atoms with E-state index in [-0.39, 0.29) is 5.75 Å². The van der Waals surface area contributed by atoms with Crippen LogP contribution in [-0.2, 0) is 10.1 Å². The molecule has 0 radical (unpaired) electrons. The summed E-state index contributed by atoms with van der Waals surface area (Å²) in [7, 11) is -3.48. The highest BCUT2D eigenvalue weighted by atomic mass is 35.5. The molecule has 0 fully saturated rings. The summed E-state index contributed by atoms with van der Waals surface area (Å²) in [5, 5.41) is 0.487. The minimum absolute atomic E-state index is 0.273. The average Bonchev–Trinajstić information content (AvgIpc) is 1.96. The lowest BCUT2D eigenvalue weighted by Gasteiger charge is -2.06. The van der Waals surface area contributed by atoms with Crippen LogP contribution in [0.3, 0.4) is 0 Å². The molecule has 0 N–H and O–H groups in total. The van der Waals surface area contributed by atoms with Crippen molar-refractivity contribution >= 4 is 21.7 Å². The number of halogens is 1. The Balaban J connectivity index is 3.10. The van der Waals surface area contributed by atoms with E-state index in [1.165, 1.54) is 0 Å². The second-order valence-corrected chi connectivity index (χ2v) is 4.63. The lowest BCUT2D eigenvalue weighted by Crippen LogP contribution is -2.06. The van der Waals surface area contributed by atoms with Crippen LogP contribution in [0.2, 0.25) is 5.02 Å². The van der Waals surface area contributed by atoms with E-state index in [4.69, 9.17) is 15.8 Å². The fraction of sp³-hybridized carbons (Fsp3) is 0.250. The normalized spacial score (nSPS) is 11.3. The SMILES string of the molecule is Cc1c(Cl)cccc1OS(C)(=O)=O. The molecule has 0 aromatic heterocycles. The van der Waals surface area contributed by atoms with Gasteiger partial charge in [0.1, 0.15) is 5.75 Å². The second-order valence-electron chi connectivity index (χ2n) is 2.65. The molecule has 0 aliphatic carbocycles. The van der Waals surface area contributed by atoms with Gasteiger partial charge in [0.15, 0.2) is 0 Å². The molecule has 0 atom stereocenters. The van der Waals surface area contributed by atoms with Crippen molar-refractivity contribution in [2.24, 2.45) is 0 Å². The third-order valence-electron chi connectivity index (χ3n) is 1.46. The summed E-state index contributed by atoms with van der Waals surface area (Å²) >= 11 is 5.77. The standard InChI is InChI=1S/C8H9ClO3S/c1-6-7(9)4-3-5-8(6)12-13(2,10)11/h3-5H,1-2H3. The van der Waals surface area contributed by atoms with Gasteiger partial charge in [0.2, 0.25) is 0 Å². The Labute approximate surface area is 82.4 Å². The second kappa shape index (κ2) is 3.55. The van der Waals surface area contributed by atoms with E-state index < -0.39 is 10.1 Å². The summed E-state index contributed by atoms with van der Waals surface area (Å²) in [5.41, 5.74) is 0.620. The van der Waals surface area contributed by atoms with Crippen molar-refractivity contribution in [2.45, 2.75) is 6.92 Å². The van der Waals surface area contributed by atoms with Crippen molar-refractivity contribution in [3.8, 4) is 5.75 Å². The molecule has 13 heavy (non-hydrogen) atoms. The van der Waals surface area contributed by atoms with Gasteiger partial charge in [0.25, 0.3) is 0 Å². The van der Waals surface area contributed by atoms with Gasteiger partial charge in [-0.25, -0.2) is 0 Å². The minimum Gasteiger partial charge on any atom is -0.382 e. The molecular weight excluding hydrogens is 212 g/mol. The van der Waals surface area contributed by atoms with Crippen molar-refractivity contribution in [2.75, 3.05) is 6.26 Å². The van der Waals surface area contributed by atoms with Crippen LogP contribution in [0.5, 0.6) is 5.75 Å². The number of hydrogen-bond acceptors (Lipinski definition) is 3. The predicted octanol–water partition coefficient (Wildman–Crippen LogP) is 1.99. The van der Waals surface area contributed by atoms with Gasteiger partial charge in [0, 0.05) is 10.6 Å². The van der Waals surface area contributed by atoms with E-state index in [0.29, 0.717) is 10.6 Å². The molecule has 0 spiro atoms. The van der Waals surface area contributed by atoms with E-state index in [1.807, 2.05) is 0 Å². The van der Waals surface area contributed by atoms with Crippen LogP contribution in [0.15, 0.2) is 18.2 Å². The van der Waals surface area contributed by atoms with E-state index in [2.05, 4.69) is 0 Å². The van der Waals surface area contributed by atoms with Crippen LogP contribution in [0.1, 0.15) is 5.56 Å². The Morgan fingerprint density at radius 1 is 1.38 bits per heavy atom. The molecule has 5 heteroatoms. The van der Waals surface area contributed by atoms with Crippen LogP contribution >= 0.6 is 11.6 Å². The highest BCUT2D eigenvalue weighted by molar-refractivity contribution is 7.86. The Bertz CT molecular complexity index is 411. The zero-order chi connectivity index (χ0) is 10.1. The number of hydrogen-bond donors (Lipinski definition) is 0. The molecule has 0 unspecified atom stereocenters. The average molecular weight is 221 g/mol. The van der Waals surface area contributed by atoms with Gasteiger partial charge in [0.05, 0.1) is 6.26 Å². The van der Waals surface area contributed by atoms with E-state index >= 15 is 0 Å². The third-order valence-corrected chi connectivity index (χ3v) is 2.35. The van der Waals surface area contributed by atoms with Gasteiger partial charge in [-0.3, -0.25) is 0 Å². The molecule has 0 heterocycles. The van der Waals surface area contributed by atoms with Crippen molar-refractivity contribution in [3.63, 3.8) is 0 Å². The maximum absolute atomic E-state index is 10.8. The molecule has 0 bridgehead atoms. The largest absolute Gasteiger partial charge is 0.382 e. The third kappa shape index (κ3) is 2.90. The van der Waals surface area contributed by atoms with Crippen molar-refractivity contribution in [3.05, 3.63) is 28.8 Å². The smallest absolute Gasteiger partial charge is 0.306 e. The van der Waals surface area contributed by atoms with Gasteiger partial charge in [-0.1, -0.05) is 17.7 Å². The first kappa shape index (κ1) is 10.3. The Morgan fingerprint density at radius 2 is 2.00 bits per heavy atom. The summed E-state index contributed by atoms with van der Waals surface area (Å²) < 4.78 is 26.3. The summed E-state index contributed by atoms with van der Waals surface area (Å²) in [6.45, 7) is 1.70. The highest BCUT2D eigenvalue weighted by Crippen LogP contribution is 2.25. The van der Waals surface area contributed by atoms with Crippen LogP contribution in [0.4, 0.5) is 0 Å². The molecule has 0 aliphatic heterocycles. The van der Waals surface area contributed by atoms with Crippen LogP contribution in [0.25, 0.3) is 0 Å². The van der Waals surface area contributed by atoms with Gasteiger partial charge in [-0.2, -0.15) is 8.42 Å². The zero-order valence-corrected chi connectivity index (χ0v) is 8.82. The summed E-state index contributed by atoms with van der Waals surface area (Å²) in [6.07, 6.45) is 0.993. The Kier molecular flexibility index (Phi) is 2.83. The molecule has 1 aromatic carbocycles. The first-order chi connectivity index (χ1) is 5.90. The fourth-order valence-electron chi connectivity index (χ4n) is 0.841. The quantitative estimate of drug-likeness (QED) is 0.716. The van der Waals surface area contributed by atoms with E-state index in [9.17, 15) is 8.42 Å². The van der Waals surface area contributed by atoms with Crippen molar-refractivity contribution in [1.29, 1.82) is 0 Å². The molecule has 72 valence electrons. The summed E-state index contributed by atoms with van der Waals surface area (Å²) in [4.78, 5) is 0. The molecule has 0 saturated carbocycles. The molecular formula is C8H9ClO3S. The lowest BCUT2D eigenvalue weighted by atomic mass is 10.2. The molecule has 0 amide bonds. The van der Waals surface area contributed by atoms with E-state index in [1.54, 1.807) is 25.1 Å². The maximum Gasteiger partial charge on any atom is 0.306 e. The molecule has 1 aromatic rings. The topological polar surface area (TPSA) is 43.4 Å². The van der Waals surface area contributed by atoms with Crippen LogP contribution < -0.4 is 4.18 Å². The zero-order valence-electron chi connectivity index (χ0n) is 7.24. The van der Waals surface area contributed by atoms with Gasteiger partial charge >= 0.3 is 10.1 Å². The molecule has 3 nitrogen and oxygen atoms in total. The first-order valence-electron chi connectivity index (χ1n) is 3.55. The van der Waals surface area contributed by atoms with E-state index in [0.717, 1.165) is 6.26 Å². The number of benzene rings is 1. The Morgan fingerprint density at radius 3 is 2.54 bits per heavy atom. The van der Waals surface area contributed by atoms with Gasteiger partial charge in [-0.15, -0.1) is 0 Å². The molecule has 1 rings (SSSR count). The maximum atomic E-state index is 10.8. The predicted molar refractivity (Wildman–Crippen MR) is 51.7 cm³/mol. The summed E-state index contributed by atoms with van der Waals surface area (Å²) in [5.74, 6) is 0.273. The minimum atomic E-state index is -3.48. The lowest BCUT2D eigenvalue weighted by molar-refractivity contribution is 0.491. The molecule has 0 aliphatic rings. The number of rotatable bonds is 2. The van der Waals surface area contributed by atoms with Crippen LogP contribution in [-0.4, -0.2) is 14.7 Å².